The smallest absolute Gasteiger partial charge is 0.247 e. The van der Waals surface area contributed by atoms with Gasteiger partial charge < -0.3 is 0 Å². The summed E-state index contributed by atoms with van der Waals surface area (Å²) in [6.45, 7) is 6.30. The van der Waals surface area contributed by atoms with Crippen molar-refractivity contribution in [3.05, 3.63) is 0 Å². The Labute approximate surface area is 79.3 Å². The van der Waals surface area contributed by atoms with Crippen LogP contribution in [0.25, 0.3) is 0 Å². The summed E-state index contributed by atoms with van der Waals surface area (Å²) in [5.41, 5.74) is -0.499. The van der Waals surface area contributed by atoms with Gasteiger partial charge in [0, 0.05) is 0 Å². The zero-order valence-corrected chi connectivity index (χ0v) is 8.59. The number of carbonyl (C=O) groups is 1. The summed E-state index contributed by atoms with van der Waals surface area (Å²) in [6.07, 6.45) is 3.08. The summed E-state index contributed by atoms with van der Waals surface area (Å²) < 4.78 is 0. The predicted molar refractivity (Wildman–Crippen MR) is 48.4 cm³/mol. The molecule has 2 fully saturated rings. The van der Waals surface area contributed by atoms with Crippen LogP contribution in [0.5, 0.6) is 0 Å². The molecule has 73 valence electrons. The quantitative estimate of drug-likeness (QED) is 0.612. The Kier molecular flexibility index (Phi) is 1.59. The summed E-state index contributed by atoms with van der Waals surface area (Å²) >= 11 is 0. The molecule has 2 aliphatic rings. The first kappa shape index (κ1) is 9.04. The molecular formula is C11H17O2. The molecule has 0 spiro atoms. The molecule has 3 unspecified atom stereocenters. The Bertz CT molecular complexity index is 257. The molecule has 0 saturated heterocycles. The Morgan fingerprint density at radius 3 is 2.38 bits per heavy atom. The summed E-state index contributed by atoms with van der Waals surface area (Å²) in [6, 6.07) is 0. The van der Waals surface area contributed by atoms with Gasteiger partial charge in [-0.3, -0.25) is 0 Å². The molecule has 0 aromatic rings. The van der Waals surface area contributed by atoms with Gasteiger partial charge in [-0.05, 0) is 30.1 Å². The summed E-state index contributed by atoms with van der Waals surface area (Å²) in [5.74, 6) is 0.117. The van der Waals surface area contributed by atoms with Crippen LogP contribution in [0.15, 0.2) is 0 Å². The fraction of sp³-hybridized carbons (Fsp3) is 0.909. The van der Waals surface area contributed by atoms with Crippen LogP contribution >= 0.6 is 0 Å². The van der Waals surface area contributed by atoms with Gasteiger partial charge in [0.1, 0.15) is 0 Å². The number of hydrogen-bond acceptors (Lipinski definition) is 1. The van der Waals surface area contributed by atoms with Crippen molar-refractivity contribution in [2.75, 3.05) is 0 Å². The zero-order chi connectivity index (χ0) is 9.85. The third-order valence-corrected chi connectivity index (χ3v) is 4.52. The molecule has 0 aliphatic heterocycles. The summed E-state index contributed by atoms with van der Waals surface area (Å²) in [4.78, 5) is 11.2. The Morgan fingerprint density at radius 2 is 1.92 bits per heavy atom. The maximum atomic E-state index is 11.2. The van der Waals surface area contributed by atoms with Crippen LogP contribution in [0, 0.1) is 22.7 Å². The first-order valence-corrected chi connectivity index (χ1v) is 5.14. The van der Waals surface area contributed by atoms with E-state index in [1.54, 1.807) is 0 Å². The average molecular weight is 181 g/mol. The minimum absolute atomic E-state index is 0.0173. The molecule has 0 N–H and O–H groups in total. The second-order valence-corrected chi connectivity index (χ2v) is 5.42. The zero-order valence-electron chi connectivity index (χ0n) is 8.59. The van der Waals surface area contributed by atoms with E-state index in [-0.39, 0.29) is 5.41 Å². The topological polar surface area (TPSA) is 37.0 Å². The number of rotatable bonds is 1. The fourth-order valence-corrected chi connectivity index (χ4v) is 3.57. The van der Waals surface area contributed by atoms with Crippen molar-refractivity contribution in [1.82, 2.24) is 0 Å². The van der Waals surface area contributed by atoms with Crippen LogP contribution in [0.4, 0.5) is 0 Å². The second-order valence-electron chi connectivity index (χ2n) is 5.42. The minimum atomic E-state index is -0.811. The normalized spacial score (nSPS) is 46.7. The molecule has 3 atom stereocenters. The lowest BCUT2D eigenvalue weighted by Gasteiger charge is -2.22. The van der Waals surface area contributed by atoms with Crippen LogP contribution < -0.4 is 0 Å². The lowest BCUT2D eigenvalue weighted by Crippen LogP contribution is -2.25. The molecule has 2 nitrogen and oxygen atoms in total. The molecular weight excluding hydrogens is 164 g/mol. The van der Waals surface area contributed by atoms with Gasteiger partial charge >= 0.3 is 5.97 Å². The second kappa shape index (κ2) is 2.28. The van der Waals surface area contributed by atoms with E-state index in [9.17, 15) is 9.90 Å². The number of fused-ring (bicyclic) bond motifs is 1. The summed E-state index contributed by atoms with van der Waals surface area (Å²) in [7, 11) is 0. The van der Waals surface area contributed by atoms with E-state index in [1.165, 1.54) is 6.42 Å². The first-order valence-electron chi connectivity index (χ1n) is 5.14. The molecule has 0 aromatic carbocycles. The third kappa shape index (κ3) is 0.866. The maximum absolute atomic E-state index is 11.2. The lowest BCUT2D eigenvalue weighted by molar-refractivity contribution is -0.153. The lowest BCUT2D eigenvalue weighted by atomic mass is 9.80. The Hall–Kier alpha value is -0.530. The monoisotopic (exact) mass is 181 g/mol. The maximum Gasteiger partial charge on any atom is 0.362 e. The molecule has 1 radical (unpaired) electrons. The van der Waals surface area contributed by atoms with E-state index < -0.39 is 11.4 Å². The van der Waals surface area contributed by atoms with E-state index in [4.69, 9.17) is 0 Å². The molecule has 0 amide bonds. The van der Waals surface area contributed by atoms with Gasteiger partial charge in [0.15, 0.2) is 0 Å². The van der Waals surface area contributed by atoms with Crippen LogP contribution in [-0.4, -0.2) is 5.97 Å². The van der Waals surface area contributed by atoms with Gasteiger partial charge in [-0.25, -0.2) is 9.90 Å². The van der Waals surface area contributed by atoms with Gasteiger partial charge in [0.05, 0.1) is 5.41 Å². The van der Waals surface area contributed by atoms with Crippen LogP contribution in [0.1, 0.15) is 40.0 Å². The van der Waals surface area contributed by atoms with Crippen molar-refractivity contribution in [2.24, 2.45) is 22.7 Å². The fourth-order valence-electron chi connectivity index (χ4n) is 3.57. The van der Waals surface area contributed by atoms with Crippen molar-refractivity contribution in [3.8, 4) is 0 Å². The first-order chi connectivity index (χ1) is 5.93. The number of hydrogen-bond donors (Lipinski definition) is 0. The van der Waals surface area contributed by atoms with Crippen molar-refractivity contribution >= 4 is 5.97 Å². The van der Waals surface area contributed by atoms with E-state index in [0.29, 0.717) is 11.8 Å². The van der Waals surface area contributed by atoms with Crippen molar-refractivity contribution in [1.29, 1.82) is 0 Å². The van der Waals surface area contributed by atoms with Crippen LogP contribution in [0.2, 0.25) is 0 Å². The molecule has 0 heterocycles. The Balaban J connectivity index is 2.30. The van der Waals surface area contributed by atoms with E-state index in [0.717, 1.165) is 12.8 Å². The SMILES string of the molecule is CC1CCC2C(C)(C)C2(C([O])=O)C1. The average Bonchev–Trinajstić information content (AvgIpc) is 2.50. The van der Waals surface area contributed by atoms with E-state index in [2.05, 4.69) is 20.8 Å². The molecule has 2 rings (SSSR count). The molecule has 13 heavy (non-hydrogen) atoms. The highest BCUT2D eigenvalue weighted by Crippen LogP contribution is 2.75. The number of carbonyl (C=O) groups excluding carboxylic acids is 1. The van der Waals surface area contributed by atoms with E-state index in [1.807, 2.05) is 0 Å². The van der Waals surface area contributed by atoms with Gasteiger partial charge in [-0.15, -0.1) is 0 Å². The highest BCUT2D eigenvalue weighted by molar-refractivity contribution is 5.80. The molecule has 2 saturated carbocycles. The van der Waals surface area contributed by atoms with Gasteiger partial charge in [-0.2, -0.15) is 0 Å². The predicted octanol–water partition coefficient (Wildman–Crippen LogP) is 2.41. The highest BCUT2D eigenvalue weighted by Gasteiger charge is 2.76. The Morgan fingerprint density at radius 1 is 1.31 bits per heavy atom. The van der Waals surface area contributed by atoms with Gasteiger partial charge in [-0.1, -0.05) is 27.2 Å². The van der Waals surface area contributed by atoms with Gasteiger partial charge in [0.2, 0.25) is 0 Å². The standard InChI is InChI=1S/C11H17O2/c1-7-4-5-8-10(2,3)11(8,6-7)9(12)13/h7-8H,4-6H2,1-3H3. The molecule has 0 aromatic heterocycles. The van der Waals surface area contributed by atoms with Crippen LogP contribution in [-0.2, 0) is 9.90 Å². The molecule has 0 bridgehead atoms. The van der Waals surface area contributed by atoms with Crippen molar-refractivity contribution in [2.45, 2.75) is 40.0 Å². The largest absolute Gasteiger partial charge is 0.362 e. The minimum Gasteiger partial charge on any atom is -0.247 e. The summed E-state index contributed by atoms with van der Waals surface area (Å²) in [5, 5.41) is 11.2. The molecule has 2 aliphatic carbocycles. The highest BCUT2D eigenvalue weighted by atomic mass is 16.4. The van der Waals surface area contributed by atoms with Crippen LogP contribution in [0.3, 0.4) is 0 Å². The van der Waals surface area contributed by atoms with Crippen molar-refractivity contribution < 1.29 is 9.90 Å². The van der Waals surface area contributed by atoms with E-state index >= 15 is 0 Å². The van der Waals surface area contributed by atoms with Gasteiger partial charge in [0.25, 0.3) is 0 Å². The van der Waals surface area contributed by atoms with Crippen molar-refractivity contribution in [3.63, 3.8) is 0 Å². The third-order valence-electron chi connectivity index (χ3n) is 4.52. The molecule has 2 heteroatoms.